The molecule has 3 aliphatic carbocycles. The summed E-state index contributed by atoms with van der Waals surface area (Å²) >= 11 is 0. The molecule has 36 heavy (non-hydrogen) atoms. The number of hydroxylamine groups is 1. The number of amides is 1. The number of fused-ring (bicyclic) bond motifs is 3. The summed E-state index contributed by atoms with van der Waals surface area (Å²) in [5.74, 6) is -6.77. The fourth-order valence-corrected chi connectivity index (χ4v) is 5.72. The van der Waals surface area contributed by atoms with E-state index in [1.807, 2.05) is 0 Å². The highest BCUT2D eigenvalue weighted by Crippen LogP contribution is 2.52. The largest absolute Gasteiger partial charge is 0.508 e. The molecule has 4 atom stereocenters. The Hall–Kier alpha value is -3.51. The first-order valence-electron chi connectivity index (χ1n) is 11.4. The molecule has 0 heterocycles. The number of nitrogens with zero attached hydrogens (tertiary/aromatic N) is 1. The van der Waals surface area contributed by atoms with Crippen LogP contribution in [0.3, 0.4) is 0 Å². The molecule has 11 nitrogen and oxygen atoms in total. The number of aromatic hydroxyl groups is 1. The molecule has 11 heteroatoms. The molecule has 0 bridgehead atoms. The highest BCUT2D eigenvalue weighted by Gasteiger charge is 2.64. The molecule has 2 unspecified atom stereocenters. The van der Waals surface area contributed by atoms with Crippen molar-refractivity contribution in [3.63, 3.8) is 0 Å². The van der Waals surface area contributed by atoms with Crippen LogP contribution in [0.2, 0.25) is 0 Å². The van der Waals surface area contributed by atoms with Crippen LogP contribution in [0, 0.1) is 11.8 Å². The molecule has 7 N–H and O–H groups in total. The van der Waals surface area contributed by atoms with Crippen LogP contribution >= 0.6 is 0 Å². The molecule has 1 aromatic carbocycles. The van der Waals surface area contributed by atoms with Crippen molar-refractivity contribution in [3.8, 4) is 5.75 Å². The molecule has 0 spiro atoms. The third-order valence-corrected chi connectivity index (χ3v) is 7.27. The predicted octanol–water partition coefficient (Wildman–Crippen LogP) is 0.171. The van der Waals surface area contributed by atoms with Crippen molar-refractivity contribution >= 4 is 23.2 Å². The average molecular weight is 500 g/mol. The zero-order chi connectivity index (χ0) is 26.5. The molecule has 0 aliphatic heterocycles. The zero-order valence-corrected chi connectivity index (χ0v) is 19.9. The van der Waals surface area contributed by atoms with Crippen LogP contribution in [0.15, 0.2) is 41.7 Å². The molecule has 4 rings (SSSR count). The summed E-state index contributed by atoms with van der Waals surface area (Å²) in [6.07, 6.45) is 1.80. The van der Waals surface area contributed by atoms with Crippen molar-refractivity contribution in [1.29, 1.82) is 0 Å². The Morgan fingerprint density at radius 2 is 2.00 bits per heavy atom. The lowest BCUT2D eigenvalue weighted by Crippen LogP contribution is -2.65. The van der Waals surface area contributed by atoms with Gasteiger partial charge in [0.25, 0.3) is 5.91 Å². The molecule has 0 radical (unpaired) electrons. The number of hydrogen-bond donors (Lipinski definition) is 6. The van der Waals surface area contributed by atoms with Crippen molar-refractivity contribution in [1.82, 2.24) is 10.4 Å². The lowest BCUT2D eigenvalue weighted by molar-refractivity contribution is -0.153. The second kappa shape index (κ2) is 9.17. The maximum absolute atomic E-state index is 13.8. The monoisotopic (exact) mass is 499 g/mol. The number of nitrogens with two attached hydrogens (primary N) is 1. The summed E-state index contributed by atoms with van der Waals surface area (Å²) in [7, 11) is 3.11. The number of phenolic OH excluding ortho intramolecular Hbond substituents is 1. The Kier molecular flexibility index (Phi) is 6.52. The van der Waals surface area contributed by atoms with E-state index in [1.165, 1.54) is 11.0 Å². The van der Waals surface area contributed by atoms with Crippen LogP contribution in [0.1, 0.15) is 23.1 Å². The average Bonchev–Trinajstić information content (AvgIpc) is 2.80. The summed E-state index contributed by atoms with van der Waals surface area (Å²) < 4.78 is 0. The fourth-order valence-electron chi connectivity index (χ4n) is 5.72. The van der Waals surface area contributed by atoms with Gasteiger partial charge in [-0.3, -0.25) is 24.1 Å². The number of rotatable bonds is 7. The quantitative estimate of drug-likeness (QED) is 0.131. The van der Waals surface area contributed by atoms with E-state index in [2.05, 4.69) is 12.1 Å². The van der Waals surface area contributed by atoms with E-state index < -0.39 is 58.0 Å². The molecular formula is C25H29N3O8. The van der Waals surface area contributed by atoms with Crippen molar-refractivity contribution < 1.29 is 39.6 Å². The predicted molar refractivity (Wildman–Crippen MR) is 127 cm³/mol. The maximum atomic E-state index is 13.8. The number of nitrogens with one attached hydrogen (secondary N) is 1. The Morgan fingerprint density at radius 1 is 1.31 bits per heavy atom. The third kappa shape index (κ3) is 3.63. The van der Waals surface area contributed by atoms with Gasteiger partial charge in [-0.05, 0) is 50.0 Å². The summed E-state index contributed by atoms with van der Waals surface area (Å²) in [4.78, 5) is 45.6. The van der Waals surface area contributed by atoms with E-state index in [0.29, 0.717) is 11.1 Å². The Morgan fingerprint density at radius 3 is 2.61 bits per heavy atom. The van der Waals surface area contributed by atoms with E-state index in [-0.39, 0.29) is 42.9 Å². The molecule has 0 saturated heterocycles. The van der Waals surface area contributed by atoms with E-state index in [0.717, 1.165) is 0 Å². The van der Waals surface area contributed by atoms with Gasteiger partial charge in [0.05, 0.1) is 18.2 Å². The smallest absolute Gasteiger partial charge is 0.255 e. The molecule has 3 aliphatic rings. The van der Waals surface area contributed by atoms with Gasteiger partial charge in [-0.25, -0.2) is 0 Å². The van der Waals surface area contributed by atoms with Gasteiger partial charge in [0.2, 0.25) is 5.78 Å². The first-order valence-corrected chi connectivity index (χ1v) is 11.4. The minimum Gasteiger partial charge on any atom is -0.508 e. The lowest BCUT2D eigenvalue weighted by atomic mass is 9.57. The molecule has 1 aromatic rings. The van der Waals surface area contributed by atoms with E-state index in [1.54, 1.807) is 26.2 Å². The van der Waals surface area contributed by atoms with E-state index in [9.17, 15) is 34.8 Å². The molecule has 1 saturated carbocycles. The number of hydrogen-bond acceptors (Lipinski definition) is 10. The van der Waals surface area contributed by atoms with Gasteiger partial charge >= 0.3 is 0 Å². The Bertz CT molecular complexity index is 1230. The van der Waals surface area contributed by atoms with Crippen LogP contribution in [-0.2, 0) is 32.2 Å². The zero-order valence-electron chi connectivity index (χ0n) is 19.9. The Balaban J connectivity index is 1.87. The third-order valence-electron chi connectivity index (χ3n) is 7.27. The maximum Gasteiger partial charge on any atom is 0.255 e. The van der Waals surface area contributed by atoms with Gasteiger partial charge < -0.3 is 26.2 Å². The van der Waals surface area contributed by atoms with Crippen LogP contribution in [0.4, 0.5) is 0 Å². The second-order valence-electron chi connectivity index (χ2n) is 9.48. The summed E-state index contributed by atoms with van der Waals surface area (Å²) in [6, 6.07) is 1.91. The van der Waals surface area contributed by atoms with Gasteiger partial charge in [0.1, 0.15) is 22.8 Å². The SMILES string of the molecule is C=CCONCc1ccc(O)c2c1CC1CC3[C@H](N(C)C)C(=O)C(C(N)=O)=C(O)[C@@]3(O)C(=O)C1=C2O. The minimum absolute atomic E-state index is 0.0290. The van der Waals surface area contributed by atoms with Crippen molar-refractivity contribution in [3.05, 3.63) is 58.4 Å². The number of aliphatic hydroxyl groups is 3. The molecule has 1 amide bonds. The number of ketones is 2. The number of aliphatic hydroxyl groups excluding tert-OH is 2. The molecule has 1 fully saturated rings. The lowest BCUT2D eigenvalue weighted by Gasteiger charge is -2.50. The van der Waals surface area contributed by atoms with Gasteiger partial charge in [0.15, 0.2) is 11.4 Å². The number of carbonyl (C=O) groups is 3. The van der Waals surface area contributed by atoms with Crippen LogP contribution < -0.4 is 11.2 Å². The highest BCUT2D eigenvalue weighted by molar-refractivity contribution is 6.24. The number of benzene rings is 1. The van der Waals surface area contributed by atoms with Crippen molar-refractivity contribution in [2.24, 2.45) is 17.6 Å². The number of phenols is 1. The number of primary amides is 1. The first kappa shape index (κ1) is 25.6. The van der Waals surface area contributed by atoms with E-state index >= 15 is 0 Å². The molecule has 192 valence electrons. The fraction of sp³-hybridized carbons (Fsp3) is 0.400. The summed E-state index contributed by atoms with van der Waals surface area (Å²) in [5, 5.41) is 44.2. The number of carbonyl (C=O) groups excluding carboxylic acids is 3. The summed E-state index contributed by atoms with van der Waals surface area (Å²) in [5.41, 5.74) is 5.73. The molecule has 0 aromatic heterocycles. The minimum atomic E-state index is -2.65. The van der Waals surface area contributed by atoms with E-state index in [4.69, 9.17) is 10.6 Å². The van der Waals surface area contributed by atoms with Crippen LogP contribution in [0.25, 0.3) is 5.76 Å². The van der Waals surface area contributed by atoms with Gasteiger partial charge in [-0.15, -0.1) is 6.58 Å². The molecular weight excluding hydrogens is 470 g/mol. The number of Topliss-reactive ketones (excluding diaryl/α,β-unsaturated/α-hetero) is 2. The highest BCUT2D eigenvalue weighted by atomic mass is 16.6. The van der Waals surface area contributed by atoms with Crippen LogP contribution in [-0.4, -0.2) is 75.1 Å². The normalized spacial score (nSPS) is 27.6. The Labute approximate surface area is 207 Å². The van der Waals surface area contributed by atoms with Crippen molar-refractivity contribution in [2.45, 2.75) is 31.0 Å². The standard InChI is InChI=1S/C25H29N3O8/c1-4-7-36-27-10-11-5-6-15(29)17-13(11)8-12-9-14-19(28(2)3)21(31)18(24(26)34)23(33)25(14,35)22(32)16(12)20(17)30/h4-6,12,14,19,27,29-30,33,35H,1,7-10H2,2-3H3,(H2,26,34)/t12?,14?,19-,25-/m0/s1. The first-order chi connectivity index (χ1) is 17.0. The summed E-state index contributed by atoms with van der Waals surface area (Å²) in [6.45, 7) is 4.06. The van der Waals surface area contributed by atoms with Crippen LogP contribution in [0.5, 0.6) is 5.75 Å². The topological polar surface area (TPSA) is 183 Å². The van der Waals surface area contributed by atoms with Gasteiger partial charge in [0, 0.05) is 18.0 Å². The van der Waals surface area contributed by atoms with Gasteiger partial charge in [-0.1, -0.05) is 12.1 Å². The van der Waals surface area contributed by atoms with Crippen molar-refractivity contribution in [2.75, 3.05) is 20.7 Å². The van der Waals surface area contributed by atoms with Gasteiger partial charge in [-0.2, -0.15) is 5.48 Å². The number of likely N-dealkylation sites (N-methyl/N-ethyl adjacent to an activating group) is 1. The second-order valence-corrected chi connectivity index (χ2v) is 9.48.